The SMILES string of the molecule is Cc1ccc(S(=O)(=O)N2C[C@@H]3[C@H](CN(C)C)[C@H]4CC[C@]3(C2)O4)cc1C. The van der Waals surface area contributed by atoms with Crippen LogP contribution in [0, 0.1) is 25.7 Å². The Labute approximate surface area is 151 Å². The number of sulfonamides is 1. The molecule has 0 aliphatic carbocycles. The number of ether oxygens (including phenoxy) is 1. The zero-order chi connectivity index (χ0) is 18.0. The van der Waals surface area contributed by atoms with Crippen LogP contribution < -0.4 is 0 Å². The minimum Gasteiger partial charge on any atom is -0.370 e. The number of rotatable bonds is 4. The number of benzene rings is 1. The molecule has 4 atom stereocenters. The standard InChI is InChI=1S/C19H28N2O3S/c1-13-5-6-15(9-14(13)2)25(22,23)21-11-17-16(10-20(3)4)18-7-8-19(17,12-21)24-18/h5-6,9,16-18H,7-8,10-12H2,1-4H3/t16-,17+,18+,19+/m0/s1. The number of hydrogen-bond acceptors (Lipinski definition) is 4. The highest BCUT2D eigenvalue weighted by molar-refractivity contribution is 7.89. The Morgan fingerprint density at radius 3 is 2.72 bits per heavy atom. The second-order valence-electron chi connectivity index (χ2n) is 8.34. The molecular weight excluding hydrogens is 336 g/mol. The fraction of sp³-hybridized carbons (Fsp3) is 0.684. The van der Waals surface area contributed by atoms with Crippen LogP contribution in [0.3, 0.4) is 0 Å². The quantitative estimate of drug-likeness (QED) is 0.820. The molecule has 25 heavy (non-hydrogen) atoms. The molecule has 0 aromatic heterocycles. The summed E-state index contributed by atoms with van der Waals surface area (Å²) in [6.07, 6.45) is 2.36. The van der Waals surface area contributed by atoms with Gasteiger partial charge >= 0.3 is 0 Å². The highest BCUT2D eigenvalue weighted by Crippen LogP contribution is 2.55. The summed E-state index contributed by atoms with van der Waals surface area (Å²) in [6, 6.07) is 5.43. The second kappa shape index (κ2) is 5.78. The summed E-state index contributed by atoms with van der Waals surface area (Å²) in [4.78, 5) is 2.61. The van der Waals surface area contributed by atoms with Gasteiger partial charge in [-0.3, -0.25) is 0 Å². The lowest BCUT2D eigenvalue weighted by atomic mass is 9.73. The van der Waals surface area contributed by atoms with Crippen LogP contribution in [0.5, 0.6) is 0 Å². The van der Waals surface area contributed by atoms with E-state index in [2.05, 4.69) is 19.0 Å². The molecule has 2 bridgehead atoms. The predicted molar refractivity (Wildman–Crippen MR) is 97.0 cm³/mol. The zero-order valence-corrected chi connectivity index (χ0v) is 16.3. The van der Waals surface area contributed by atoms with Crippen molar-refractivity contribution in [1.82, 2.24) is 9.21 Å². The van der Waals surface area contributed by atoms with Crippen LogP contribution in [0.25, 0.3) is 0 Å². The third-order valence-electron chi connectivity index (χ3n) is 6.44. The molecule has 3 fully saturated rings. The van der Waals surface area contributed by atoms with Gasteiger partial charge in [0, 0.05) is 31.5 Å². The van der Waals surface area contributed by atoms with Crippen LogP contribution in [0.15, 0.2) is 23.1 Å². The molecule has 3 heterocycles. The van der Waals surface area contributed by atoms with Gasteiger partial charge in [-0.05, 0) is 64.0 Å². The van der Waals surface area contributed by atoms with E-state index in [-0.39, 0.29) is 5.60 Å². The summed E-state index contributed by atoms with van der Waals surface area (Å²) in [5.41, 5.74) is 1.88. The third kappa shape index (κ3) is 2.65. The summed E-state index contributed by atoms with van der Waals surface area (Å²) in [6.45, 7) is 6.03. The maximum absolute atomic E-state index is 13.2. The van der Waals surface area contributed by atoms with Gasteiger partial charge in [-0.1, -0.05) is 6.07 Å². The van der Waals surface area contributed by atoms with Gasteiger partial charge < -0.3 is 9.64 Å². The maximum atomic E-state index is 13.2. The van der Waals surface area contributed by atoms with Gasteiger partial charge in [0.05, 0.1) is 16.6 Å². The van der Waals surface area contributed by atoms with Crippen molar-refractivity contribution in [2.45, 2.75) is 43.3 Å². The van der Waals surface area contributed by atoms with Crippen molar-refractivity contribution in [3.63, 3.8) is 0 Å². The summed E-state index contributed by atoms with van der Waals surface area (Å²) in [5, 5.41) is 0. The van der Waals surface area contributed by atoms with E-state index in [4.69, 9.17) is 4.74 Å². The molecule has 6 heteroatoms. The van der Waals surface area contributed by atoms with Crippen molar-refractivity contribution in [2.75, 3.05) is 33.7 Å². The van der Waals surface area contributed by atoms with Crippen LogP contribution in [-0.4, -0.2) is 63.1 Å². The van der Waals surface area contributed by atoms with E-state index in [9.17, 15) is 8.42 Å². The Morgan fingerprint density at radius 1 is 1.28 bits per heavy atom. The molecule has 4 rings (SSSR count). The number of fused-ring (bicyclic) bond motifs is 1. The van der Waals surface area contributed by atoms with Crippen molar-refractivity contribution < 1.29 is 13.2 Å². The number of hydrogen-bond donors (Lipinski definition) is 0. The Balaban J connectivity index is 1.62. The Kier molecular flexibility index (Phi) is 4.03. The van der Waals surface area contributed by atoms with E-state index in [0.29, 0.717) is 35.9 Å². The van der Waals surface area contributed by atoms with Crippen LogP contribution in [-0.2, 0) is 14.8 Å². The lowest BCUT2D eigenvalue weighted by Gasteiger charge is -2.31. The molecule has 1 spiro atoms. The van der Waals surface area contributed by atoms with Crippen molar-refractivity contribution in [3.05, 3.63) is 29.3 Å². The molecule has 3 aliphatic heterocycles. The van der Waals surface area contributed by atoms with E-state index in [1.807, 2.05) is 19.9 Å². The molecule has 0 amide bonds. The first-order valence-electron chi connectivity index (χ1n) is 9.13. The number of nitrogens with zero attached hydrogens (tertiary/aromatic N) is 2. The molecule has 138 valence electrons. The van der Waals surface area contributed by atoms with Crippen molar-refractivity contribution in [1.29, 1.82) is 0 Å². The third-order valence-corrected chi connectivity index (χ3v) is 8.25. The first kappa shape index (κ1) is 17.5. The monoisotopic (exact) mass is 364 g/mol. The molecule has 1 aromatic carbocycles. The molecular formula is C19H28N2O3S. The van der Waals surface area contributed by atoms with Crippen molar-refractivity contribution in [2.24, 2.45) is 11.8 Å². The van der Waals surface area contributed by atoms with Crippen molar-refractivity contribution in [3.8, 4) is 0 Å². The van der Waals surface area contributed by atoms with Gasteiger partial charge in [0.15, 0.2) is 0 Å². The van der Waals surface area contributed by atoms with E-state index in [0.717, 1.165) is 30.5 Å². The van der Waals surface area contributed by atoms with Gasteiger partial charge in [-0.15, -0.1) is 0 Å². The minimum absolute atomic E-state index is 0.252. The molecule has 5 nitrogen and oxygen atoms in total. The van der Waals surface area contributed by atoms with Gasteiger partial charge in [0.25, 0.3) is 0 Å². The Morgan fingerprint density at radius 2 is 2.04 bits per heavy atom. The molecule has 1 aromatic rings. The minimum atomic E-state index is -3.46. The lowest BCUT2D eigenvalue weighted by molar-refractivity contribution is 0.00739. The van der Waals surface area contributed by atoms with Crippen LogP contribution in [0.4, 0.5) is 0 Å². The summed E-state index contributed by atoms with van der Waals surface area (Å²) in [5.74, 6) is 0.749. The van der Waals surface area contributed by atoms with Gasteiger partial charge in [-0.25, -0.2) is 8.42 Å². The fourth-order valence-electron chi connectivity index (χ4n) is 5.02. The second-order valence-corrected chi connectivity index (χ2v) is 10.3. The highest BCUT2D eigenvalue weighted by Gasteiger charge is 2.64. The average Bonchev–Trinajstić information content (AvgIpc) is 3.19. The average molecular weight is 365 g/mol. The van der Waals surface area contributed by atoms with Gasteiger partial charge in [-0.2, -0.15) is 4.31 Å². The fourth-order valence-corrected chi connectivity index (χ4v) is 6.63. The Bertz CT molecular complexity index is 792. The van der Waals surface area contributed by atoms with E-state index in [1.54, 1.807) is 16.4 Å². The first-order chi connectivity index (χ1) is 11.7. The van der Waals surface area contributed by atoms with Crippen LogP contribution >= 0.6 is 0 Å². The van der Waals surface area contributed by atoms with Crippen LogP contribution in [0.1, 0.15) is 24.0 Å². The largest absolute Gasteiger partial charge is 0.370 e. The van der Waals surface area contributed by atoms with E-state index >= 15 is 0 Å². The zero-order valence-electron chi connectivity index (χ0n) is 15.5. The first-order valence-corrected chi connectivity index (χ1v) is 10.6. The smallest absolute Gasteiger partial charge is 0.243 e. The van der Waals surface area contributed by atoms with Gasteiger partial charge in [0.2, 0.25) is 10.0 Å². The van der Waals surface area contributed by atoms with E-state index < -0.39 is 10.0 Å². The lowest BCUT2D eigenvalue weighted by Crippen LogP contribution is -2.40. The molecule has 3 aliphatic rings. The summed E-state index contributed by atoms with van der Waals surface area (Å²) >= 11 is 0. The van der Waals surface area contributed by atoms with Crippen molar-refractivity contribution >= 4 is 10.0 Å². The normalized spacial score (nSPS) is 34.8. The predicted octanol–water partition coefficient (Wildman–Crippen LogP) is 2.03. The summed E-state index contributed by atoms with van der Waals surface area (Å²) in [7, 11) is 0.699. The highest BCUT2D eigenvalue weighted by atomic mass is 32.2. The van der Waals surface area contributed by atoms with E-state index in [1.165, 1.54) is 0 Å². The topological polar surface area (TPSA) is 49.9 Å². The molecule has 0 N–H and O–H groups in total. The summed E-state index contributed by atoms with van der Waals surface area (Å²) < 4.78 is 34.4. The molecule has 3 saturated heterocycles. The number of aryl methyl sites for hydroxylation is 2. The van der Waals surface area contributed by atoms with Gasteiger partial charge in [0.1, 0.15) is 0 Å². The molecule has 0 radical (unpaired) electrons. The molecule has 0 saturated carbocycles. The molecule has 0 unspecified atom stereocenters. The van der Waals surface area contributed by atoms with Crippen LogP contribution in [0.2, 0.25) is 0 Å². The Hall–Kier alpha value is -0.950. The maximum Gasteiger partial charge on any atom is 0.243 e.